The number of nitrogen functional groups attached to an aromatic ring is 1. The Hall–Kier alpha value is -0.540. The Balaban J connectivity index is 1.52. The summed E-state index contributed by atoms with van der Waals surface area (Å²) in [6, 6.07) is 6.21. The fourth-order valence-electron chi connectivity index (χ4n) is 2.74. The predicted molar refractivity (Wildman–Crippen MR) is 74.7 cm³/mol. The van der Waals surface area contributed by atoms with Gasteiger partial charge >= 0.3 is 0 Å². The molecule has 3 heteroatoms. The van der Waals surface area contributed by atoms with E-state index in [0.717, 1.165) is 22.6 Å². The van der Waals surface area contributed by atoms with Crippen molar-refractivity contribution in [1.29, 1.82) is 0 Å². The highest BCUT2D eigenvalue weighted by Gasteiger charge is 2.53. The van der Waals surface area contributed by atoms with Gasteiger partial charge < -0.3 is 11.1 Å². The van der Waals surface area contributed by atoms with Crippen molar-refractivity contribution in [2.45, 2.75) is 32.2 Å². The van der Waals surface area contributed by atoms with E-state index in [-0.39, 0.29) is 0 Å². The van der Waals surface area contributed by atoms with Gasteiger partial charge in [-0.3, -0.25) is 0 Å². The Morgan fingerprint density at radius 1 is 1.35 bits per heavy atom. The molecule has 0 aliphatic heterocycles. The van der Waals surface area contributed by atoms with Gasteiger partial charge in [0.25, 0.3) is 0 Å². The van der Waals surface area contributed by atoms with Gasteiger partial charge in [0.05, 0.1) is 0 Å². The predicted octanol–water partition coefficient (Wildman–Crippen LogP) is 3.31. The van der Waals surface area contributed by atoms with E-state index in [1.165, 1.54) is 37.8 Å². The molecule has 1 aromatic carbocycles. The first-order chi connectivity index (χ1) is 8.20. The molecule has 0 unspecified atom stereocenters. The minimum absolute atomic E-state index is 0.681. The van der Waals surface area contributed by atoms with Crippen molar-refractivity contribution in [3.8, 4) is 0 Å². The molecule has 0 radical (unpaired) electrons. The van der Waals surface area contributed by atoms with Crippen LogP contribution in [0.25, 0.3) is 0 Å². The minimum atomic E-state index is 0.681. The smallest absolute Gasteiger partial charge is 0.0461 e. The largest absolute Gasteiger partial charge is 0.398 e. The fourth-order valence-corrected chi connectivity index (χ4v) is 2.99. The fraction of sp³-hybridized carbons (Fsp3) is 0.571. The van der Waals surface area contributed by atoms with Crippen LogP contribution in [-0.2, 0) is 6.54 Å². The standard InChI is InChI=1S/C14H19BrN2/c15-12-4-1-10(7-13(12)16)8-17-9-14(5-6-14)11-2-3-11/h1,4,7,11,17H,2-3,5-6,8-9,16H2. The summed E-state index contributed by atoms with van der Waals surface area (Å²) in [4.78, 5) is 0. The van der Waals surface area contributed by atoms with Gasteiger partial charge in [-0.15, -0.1) is 0 Å². The Morgan fingerprint density at radius 2 is 2.12 bits per heavy atom. The van der Waals surface area contributed by atoms with Crippen LogP contribution in [0.2, 0.25) is 0 Å². The molecule has 0 amide bonds. The molecular weight excluding hydrogens is 276 g/mol. The summed E-state index contributed by atoms with van der Waals surface area (Å²) in [6.45, 7) is 2.12. The lowest BCUT2D eigenvalue weighted by Gasteiger charge is -2.15. The second kappa shape index (κ2) is 4.29. The lowest BCUT2D eigenvalue weighted by molar-refractivity contribution is 0.403. The number of nitrogens with one attached hydrogen (secondary N) is 1. The van der Waals surface area contributed by atoms with Gasteiger partial charge in [0, 0.05) is 23.2 Å². The van der Waals surface area contributed by atoms with Crippen molar-refractivity contribution < 1.29 is 0 Å². The Bertz CT molecular complexity index is 422. The van der Waals surface area contributed by atoms with E-state index >= 15 is 0 Å². The van der Waals surface area contributed by atoms with E-state index in [4.69, 9.17) is 5.73 Å². The molecule has 2 fully saturated rings. The maximum Gasteiger partial charge on any atom is 0.0461 e. The van der Waals surface area contributed by atoms with Crippen LogP contribution in [0.1, 0.15) is 31.2 Å². The van der Waals surface area contributed by atoms with Crippen molar-refractivity contribution in [1.82, 2.24) is 5.32 Å². The maximum absolute atomic E-state index is 5.87. The van der Waals surface area contributed by atoms with Crippen LogP contribution in [0, 0.1) is 11.3 Å². The van der Waals surface area contributed by atoms with Crippen LogP contribution in [0.5, 0.6) is 0 Å². The first-order valence-corrected chi connectivity index (χ1v) is 7.24. The van der Waals surface area contributed by atoms with Crippen molar-refractivity contribution in [2.75, 3.05) is 12.3 Å². The molecule has 0 bridgehead atoms. The van der Waals surface area contributed by atoms with E-state index in [0.29, 0.717) is 5.41 Å². The molecular formula is C14H19BrN2. The molecule has 0 spiro atoms. The SMILES string of the molecule is Nc1cc(CNCC2(C3CC3)CC2)ccc1Br. The minimum Gasteiger partial charge on any atom is -0.398 e. The summed E-state index contributed by atoms with van der Waals surface area (Å²) in [5, 5.41) is 3.60. The topological polar surface area (TPSA) is 38.0 Å². The highest BCUT2D eigenvalue weighted by molar-refractivity contribution is 9.10. The number of halogens is 1. The first-order valence-electron chi connectivity index (χ1n) is 6.44. The molecule has 0 atom stereocenters. The van der Waals surface area contributed by atoms with Gasteiger partial charge in [0.2, 0.25) is 0 Å². The summed E-state index contributed by atoms with van der Waals surface area (Å²) in [5.74, 6) is 1.03. The van der Waals surface area contributed by atoms with Gasteiger partial charge in [0.1, 0.15) is 0 Å². The molecule has 2 saturated carbocycles. The molecule has 2 aliphatic carbocycles. The van der Waals surface area contributed by atoms with E-state index in [2.05, 4.69) is 27.3 Å². The molecule has 0 heterocycles. The lowest BCUT2D eigenvalue weighted by atomic mass is 10.0. The normalized spacial score (nSPS) is 21.5. The zero-order valence-electron chi connectivity index (χ0n) is 10.0. The third kappa shape index (κ3) is 2.50. The third-order valence-electron chi connectivity index (χ3n) is 4.20. The van der Waals surface area contributed by atoms with E-state index in [1.807, 2.05) is 12.1 Å². The molecule has 3 rings (SSSR count). The van der Waals surface area contributed by atoms with Gasteiger partial charge in [-0.25, -0.2) is 0 Å². The Kier molecular flexibility index (Phi) is 2.91. The highest BCUT2D eigenvalue weighted by atomic mass is 79.9. The van der Waals surface area contributed by atoms with Gasteiger partial charge in [-0.2, -0.15) is 0 Å². The van der Waals surface area contributed by atoms with Gasteiger partial charge in [-0.1, -0.05) is 6.07 Å². The van der Waals surface area contributed by atoms with Crippen LogP contribution in [-0.4, -0.2) is 6.54 Å². The number of anilines is 1. The highest BCUT2D eigenvalue weighted by Crippen LogP contribution is 2.60. The zero-order valence-corrected chi connectivity index (χ0v) is 11.6. The molecule has 2 nitrogen and oxygen atoms in total. The van der Waals surface area contributed by atoms with Crippen LogP contribution in [0.4, 0.5) is 5.69 Å². The first kappa shape index (κ1) is 11.5. The van der Waals surface area contributed by atoms with Crippen LogP contribution < -0.4 is 11.1 Å². The van der Waals surface area contributed by atoms with E-state index in [9.17, 15) is 0 Å². The van der Waals surface area contributed by atoms with E-state index < -0.39 is 0 Å². The van der Waals surface area contributed by atoms with Crippen LogP contribution >= 0.6 is 15.9 Å². The third-order valence-corrected chi connectivity index (χ3v) is 4.92. The lowest BCUT2D eigenvalue weighted by Crippen LogP contribution is -2.25. The summed E-state index contributed by atoms with van der Waals surface area (Å²) in [5.41, 5.74) is 8.66. The summed E-state index contributed by atoms with van der Waals surface area (Å²) in [7, 11) is 0. The monoisotopic (exact) mass is 294 g/mol. The van der Waals surface area contributed by atoms with Gasteiger partial charge in [0.15, 0.2) is 0 Å². The number of hydrogen-bond donors (Lipinski definition) is 2. The summed E-state index contributed by atoms with van der Waals surface area (Å²) >= 11 is 3.42. The summed E-state index contributed by atoms with van der Waals surface area (Å²) < 4.78 is 0.984. The maximum atomic E-state index is 5.87. The second-order valence-corrected chi connectivity index (χ2v) is 6.45. The van der Waals surface area contributed by atoms with Crippen molar-refractivity contribution >= 4 is 21.6 Å². The number of rotatable bonds is 5. The van der Waals surface area contributed by atoms with Crippen molar-refractivity contribution in [3.05, 3.63) is 28.2 Å². The zero-order chi connectivity index (χ0) is 11.9. The Labute approximate surface area is 111 Å². The summed E-state index contributed by atoms with van der Waals surface area (Å²) in [6.07, 6.45) is 5.81. The molecule has 92 valence electrons. The molecule has 0 saturated heterocycles. The van der Waals surface area contributed by atoms with Crippen LogP contribution in [0.15, 0.2) is 22.7 Å². The van der Waals surface area contributed by atoms with Crippen molar-refractivity contribution in [3.63, 3.8) is 0 Å². The number of hydrogen-bond acceptors (Lipinski definition) is 2. The molecule has 17 heavy (non-hydrogen) atoms. The van der Waals surface area contributed by atoms with Crippen LogP contribution in [0.3, 0.4) is 0 Å². The number of benzene rings is 1. The molecule has 0 aromatic heterocycles. The molecule has 2 aliphatic rings. The quantitative estimate of drug-likeness (QED) is 0.818. The average molecular weight is 295 g/mol. The average Bonchev–Trinajstić information content (AvgIpc) is 3.14. The van der Waals surface area contributed by atoms with Crippen molar-refractivity contribution in [2.24, 2.45) is 11.3 Å². The molecule has 1 aromatic rings. The van der Waals surface area contributed by atoms with E-state index in [1.54, 1.807) is 0 Å². The van der Waals surface area contributed by atoms with Gasteiger partial charge in [-0.05, 0) is 70.6 Å². The number of nitrogens with two attached hydrogens (primary N) is 1. The Morgan fingerprint density at radius 3 is 2.71 bits per heavy atom. The second-order valence-electron chi connectivity index (χ2n) is 5.60. The molecule has 3 N–H and O–H groups in total.